The van der Waals surface area contributed by atoms with Crippen LogP contribution in [0.25, 0.3) is 0 Å². The average molecular weight is 377 g/mol. The van der Waals surface area contributed by atoms with E-state index >= 15 is 0 Å². The Morgan fingerprint density at radius 2 is 2.25 bits per heavy atom. The number of aryl methyl sites for hydroxylation is 1. The van der Waals surface area contributed by atoms with Crippen LogP contribution in [0.1, 0.15) is 39.9 Å². The van der Waals surface area contributed by atoms with E-state index in [0.29, 0.717) is 37.4 Å². The molecule has 3 heterocycles. The number of carbonyl (C=O) groups excluding carboxylic acids is 1. The van der Waals surface area contributed by atoms with Gasteiger partial charge in [-0.25, -0.2) is 0 Å². The molecule has 2 aliphatic rings. The van der Waals surface area contributed by atoms with E-state index in [1.807, 2.05) is 19.3 Å². The summed E-state index contributed by atoms with van der Waals surface area (Å²) in [5, 5.41) is 9.02. The number of ether oxygens (including phenoxy) is 2. The number of pyridine rings is 1. The minimum Gasteiger partial charge on any atom is -0.373 e. The van der Waals surface area contributed by atoms with Gasteiger partial charge in [0, 0.05) is 31.0 Å². The molecule has 0 radical (unpaired) electrons. The summed E-state index contributed by atoms with van der Waals surface area (Å²) in [5.74, 6) is -0.0554. The molecule has 6 nitrogen and oxygen atoms in total. The van der Waals surface area contributed by atoms with Crippen molar-refractivity contribution in [2.75, 3.05) is 19.7 Å². The van der Waals surface area contributed by atoms with Gasteiger partial charge in [-0.3, -0.25) is 9.78 Å². The predicted octanol–water partition coefficient (Wildman–Crippen LogP) is 2.85. The second-order valence-corrected chi connectivity index (χ2v) is 7.68. The monoisotopic (exact) mass is 377 g/mol. The Kier molecular flexibility index (Phi) is 5.12. The molecule has 2 fully saturated rings. The van der Waals surface area contributed by atoms with Crippen molar-refractivity contribution >= 4 is 5.91 Å². The lowest BCUT2D eigenvalue weighted by Gasteiger charge is -2.53. The maximum atomic E-state index is 12.7. The molecule has 1 spiro atoms. The Morgan fingerprint density at radius 3 is 3.04 bits per heavy atom. The van der Waals surface area contributed by atoms with Crippen molar-refractivity contribution in [1.29, 1.82) is 5.26 Å². The molecule has 2 aromatic rings. The zero-order valence-corrected chi connectivity index (χ0v) is 15.9. The Balaban J connectivity index is 1.33. The maximum absolute atomic E-state index is 12.7. The van der Waals surface area contributed by atoms with Gasteiger partial charge in [-0.15, -0.1) is 0 Å². The molecule has 0 unspecified atom stereocenters. The zero-order valence-electron chi connectivity index (χ0n) is 15.9. The van der Waals surface area contributed by atoms with Crippen molar-refractivity contribution in [2.45, 2.75) is 38.1 Å². The van der Waals surface area contributed by atoms with Crippen molar-refractivity contribution in [1.82, 2.24) is 9.88 Å². The lowest BCUT2D eigenvalue weighted by Crippen LogP contribution is -2.67. The van der Waals surface area contributed by atoms with Crippen LogP contribution in [0.4, 0.5) is 0 Å². The topological polar surface area (TPSA) is 75.5 Å². The molecule has 1 aromatic carbocycles. The minimum absolute atomic E-state index is 0.0554. The van der Waals surface area contributed by atoms with Crippen LogP contribution in [0.5, 0.6) is 0 Å². The summed E-state index contributed by atoms with van der Waals surface area (Å²) in [6.45, 7) is 4.33. The first-order chi connectivity index (χ1) is 13.6. The number of hydrogen-bond donors (Lipinski definition) is 0. The van der Waals surface area contributed by atoms with Crippen LogP contribution in [0, 0.1) is 18.3 Å². The summed E-state index contributed by atoms with van der Waals surface area (Å²) in [4.78, 5) is 18.7. The number of likely N-dealkylation sites (tertiary alicyclic amines) is 1. The Bertz CT molecular complexity index is 915. The SMILES string of the molecule is Cc1cncc(CO[C@@H]2CCOC3(C2)CN(C(=O)c2cccc(C#N)c2)C3)c1. The van der Waals surface area contributed by atoms with Crippen LogP contribution >= 0.6 is 0 Å². The summed E-state index contributed by atoms with van der Waals surface area (Å²) >= 11 is 0. The van der Waals surface area contributed by atoms with E-state index in [9.17, 15) is 4.79 Å². The molecular formula is C22H23N3O3. The van der Waals surface area contributed by atoms with E-state index < -0.39 is 0 Å². The molecule has 0 bridgehead atoms. The van der Waals surface area contributed by atoms with Gasteiger partial charge in [-0.1, -0.05) is 12.1 Å². The first-order valence-corrected chi connectivity index (χ1v) is 9.52. The zero-order chi connectivity index (χ0) is 19.6. The number of benzene rings is 1. The van der Waals surface area contributed by atoms with Crippen LogP contribution in [0.3, 0.4) is 0 Å². The van der Waals surface area contributed by atoms with Gasteiger partial charge in [0.05, 0.1) is 37.4 Å². The van der Waals surface area contributed by atoms with Crippen LogP contribution in [-0.2, 0) is 16.1 Å². The minimum atomic E-state index is -0.309. The van der Waals surface area contributed by atoms with E-state index in [1.54, 1.807) is 29.2 Å². The van der Waals surface area contributed by atoms with Gasteiger partial charge in [0.1, 0.15) is 5.60 Å². The standard InChI is InChI=1S/C22H23N3O3/c1-16-7-18(12-24-11-16)13-27-20-5-6-28-22(9-20)14-25(15-22)21(26)19-4-2-3-17(8-19)10-23/h2-4,7-8,11-12,20H,5-6,9,13-15H2,1H3/t20-/m1/s1. The Labute approximate surface area is 164 Å². The fraction of sp³-hybridized carbons (Fsp3) is 0.409. The highest BCUT2D eigenvalue weighted by atomic mass is 16.5. The van der Waals surface area contributed by atoms with E-state index in [-0.39, 0.29) is 17.6 Å². The van der Waals surface area contributed by atoms with Crippen molar-refractivity contribution in [3.05, 3.63) is 65.0 Å². The molecule has 1 aromatic heterocycles. The Hall–Kier alpha value is -2.75. The highest BCUT2D eigenvalue weighted by molar-refractivity contribution is 5.95. The third-order valence-electron chi connectivity index (χ3n) is 5.35. The molecule has 1 amide bonds. The molecule has 144 valence electrons. The quantitative estimate of drug-likeness (QED) is 0.819. The van der Waals surface area contributed by atoms with Gasteiger partial charge in [-0.2, -0.15) is 5.26 Å². The first-order valence-electron chi connectivity index (χ1n) is 9.52. The second-order valence-electron chi connectivity index (χ2n) is 7.68. The van der Waals surface area contributed by atoms with E-state index in [4.69, 9.17) is 14.7 Å². The summed E-state index contributed by atoms with van der Waals surface area (Å²) in [6.07, 6.45) is 5.43. The van der Waals surface area contributed by atoms with E-state index in [2.05, 4.69) is 17.1 Å². The summed E-state index contributed by atoms with van der Waals surface area (Å²) in [5.41, 5.74) is 2.93. The average Bonchev–Trinajstić information content (AvgIpc) is 2.70. The molecule has 1 atom stereocenters. The predicted molar refractivity (Wildman–Crippen MR) is 103 cm³/mol. The first kappa shape index (κ1) is 18.6. The number of hydrogen-bond acceptors (Lipinski definition) is 5. The van der Waals surface area contributed by atoms with Gasteiger partial charge in [0.25, 0.3) is 5.91 Å². The summed E-state index contributed by atoms with van der Waals surface area (Å²) in [6, 6.07) is 11.0. The highest BCUT2D eigenvalue weighted by Gasteiger charge is 2.49. The third-order valence-corrected chi connectivity index (χ3v) is 5.35. The molecule has 0 saturated carbocycles. The van der Waals surface area contributed by atoms with E-state index in [1.165, 1.54) is 0 Å². The fourth-order valence-corrected chi connectivity index (χ4v) is 3.95. The molecule has 2 saturated heterocycles. The number of rotatable bonds is 4. The highest BCUT2D eigenvalue weighted by Crippen LogP contribution is 2.36. The number of nitriles is 1. The summed E-state index contributed by atoms with van der Waals surface area (Å²) < 4.78 is 12.1. The fourth-order valence-electron chi connectivity index (χ4n) is 3.95. The molecule has 0 N–H and O–H groups in total. The molecule has 0 aliphatic carbocycles. The van der Waals surface area contributed by atoms with E-state index in [0.717, 1.165) is 24.0 Å². The van der Waals surface area contributed by atoms with Gasteiger partial charge < -0.3 is 14.4 Å². The van der Waals surface area contributed by atoms with Crippen LogP contribution in [-0.4, -0.2) is 47.2 Å². The van der Waals surface area contributed by atoms with Gasteiger partial charge in [0.15, 0.2) is 0 Å². The van der Waals surface area contributed by atoms with Crippen LogP contribution in [0.15, 0.2) is 42.7 Å². The molecule has 4 rings (SSSR count). The van der Waals surface area contributed by atoms with Crippen molar-refractivity contribution < 1.29 is 14.3 Å². The number of aromatic nitrogens is 1. The number of amides is 1. The normalized spacial score (nSPS) is 20.4. The van der Waals surface area contributed by atoms with Crippen molar-refractivity contribution in [2.24, 2.45) is 0 Å². The van der Waals surface area contributed by atoms with Gasteiger partial charge in [-0.05, 0) is 42.7 Å². The molecular weight excluding hydrogens is 354 g/mol. The number of carbonyl (C=O) groups is 1. The molecule has 28 heavy (non-hydrogen) atoms. The van der Waals surface area contributed by atoms with Crippen molar-refractivity contribution in [3.63, 3.8) is 0 Å². The second kappa shape index (κ2) is 7.70. The number of nitrogens with zero attached hydrogens (tertiary/aromatic N) is 3. The lowest BCUT2D eigenvalue weighted by molar-refractivity contribution is -0.188. The van der Waals surface area contributed by atoms with Crippen LogP contribution < -0.4 is 0 Å². The summed E-state index contributed by atoms with van der Waals surface area (Å²) in [7, 11) is 0. The third kappa shape index (κ3) is 3.91. The smallest absolute Gasteiger partial charge is 0.254 e. The largest absolute Gasteiger partial charge is 0.373 e. The Morgan fingerprint density at radius 1 is 1.39 bits per heavy atom. The molecule has 6 heteroatoms. The molecule has 2 aliphatic heterocycles. The van der Waals surface area contributed by atoms with Gasteiger partial charge in [0.2, 0.25) is 0 Å². The van der Waals surface area contributed by atoms with Crippen LogP contribution in [0.2, 0.25) is 0 Å². The maximum Gasteiger partial charge on any atom is 0.254 e. The van der Waals surface area contributed by atoms with Gasteiger partial charge >= 0.3 is 0 Å². The van der Waals surface area contributed by atoms with Crippen molar-refractivity contribution in [3.8, 4) is 6.07 Å². The lowest BCUT2D eigenvalue weighted by atomic mass is 9.84.